The highest BCUT2D eigenvalue weighted by Gasteiger charge is 2.15. The number of thiophene rings is 1. The summed E-state index contributed by atoms with van der Waals surface area (Å²) in [6.45, 7) is 15.6. The molecule has 2 rings (SSSR count). The summed E-state index contributed by atoms with van der Waals surface area (Å²) in [5.41, 5.74) is 3.21. The summed E-state index contributed by atoms with van der Waals surface area (Å²) in [6, 6.07) is 2.40. The van der Waals surface area contributed by atoms with Crippen molar-refractivity contribution in [3.8, 4) is 0 Å². The highest BCUT2D eigenvalue weighted by atomic mass is 32.1. The number of hydrogen-bond donors (Lipinski definition) is 1. The molecule has 1 aliphatic heterocycles. The van der Waals surface area contributed by atoms with Crippen molar-refractivity contribution < 1.29 is 0 Å². The van der Waals surface area contributed by atoms with Gasteiger partial charge in [0.25, 0.3) is 0 Å². The smallest absolute Gasteiger partial charge is 0.0304 e. The summed E-state index contributed by atoms with van der Waals surface area (Å²) in [5, 5.41) is 3.58. The highest BCUT2D eigenvalue weighted by molar-refractivity contribution is 7.12. The second-order valence-electron chi connectivity index (χ2n) is 6.95. The monoisotopic (exact) mass is 292 g/mol. The van der Waals surface area contributed by atoms with Gasteiger partial charge in [0.2, 0.25) is 0 Å². The van der Waals surface area contributed by atoms with E-state index in [1.54, 1.807) is 0 Å². The van der Waals surface area contributed by atoms with Crippen LogP contribution in [0.5, 0.6) is 0 Å². The van der Waals surface area contributed by atoms with Crippen molar-refractivity contribution in [3.05, 3.63) is 33.0 Å². The number of hydrogen-bond acceptors (Lipinski definition) is 3. The molecule has 0 atom stereocenters. The van der Waals surface area contributed by atoms with Gasteiger partial charge in [-0.1, -0.05) is 11.6 Å². The van der Waals surface area contributed by atoms with Crippen LogP contribution in [0, 0.1) is 6.92 Å². The molecule has 0 fully saturated rings. The fraction of sp³-hybridized carbons (Fsp3) is 0.647. The van der Waals surface area contributed by atoms with Crippen molar-refractivity contribution in [2.45, 2.75) is 59.7 Å². The van der Waals surface area contributed by atoms with Crippen molar-refractivity contribution in [1.29, 1.82) is 0 Å². The summed E-state index contributed by atoms with van der Waals surface area (Å²) in [6.07, 6.45) is 3.57. The lowest BCUT2D eigenvalue weighted by molar-refractivity contribution is 0.282. The number of nitrogens with one attached hydrogen (secondary N) is 1. The largest absolute Gasteiger partial charge is 0.307 e. The Kier molecular flexibility index (Phi) is 5.05. The van der Waals surface area contributed by atoms with E-state index >= 15 is 0 Å². The van der Waals surface area contributed by atoms with Crippen LogP contribution in [0.1, 0.15) is 49.4 Å². The Morgan fingerprint density at radius 2 is 2.05 bits per heavy atom. The molecule has 0 bridgehead atoms. The van der Waals surface area contributed by atoms with Crippen LogP contribution in [0.4, 0.5) is 0 Å². The Balaban J connectivity index is 1.95. The second kappa shape index (κ2) is 6.42. The first-order valence-corrected chi connectivity index (χ1v) is 8.36. The molecule has 1 aromatic heterocycles. The molecule has 1 N–H and O–H groups in total. The molecule has 112 valence electrons. The van der Waals surface area contributed by atoms with Crippen LogP contribution in [0.25, 0.3) is 0 Å². The van der Waals surface area contributed by atoms with E-state index in [1.807, 2.05) is 11.3 Å². The molecule has 0 spiro atoms. The summed E-state index contributed by atoms with van der Waals surface area (Å²) in [7, 11) is 0. The first kappa shape index (κ1) is 15.7. The van der Waals surface area contributed by atoms with E-state index in [0.717, 1.165) is 19.6 Å². The van der Waals surface area contributed by atoms with E-state index in [-0.39, 0.29) is 5.54 Å². The molecular weight excluding hydrogens is 264 g/mol. The van der Waals surface area contributed by atoms with Gasteiger partial charge < -0.3 is 5.32 Å². The van der Waals surface area contributed by atoms with Gasteiger partial charge in [-0.25, -0.2) is 0 Å². The van der Waals surface area contributed by atoms with Crippen LogP contribution >= 0.6 is 11.3 Å². The Morgan fingerprint density at radius 1 is 1.30 bits per heavy atom. The Bertz CT molecular complexity index is 480. The topological polar surface area (TPSA) is 15.3 Å². The lowest BCUT2D eigenvalue weighted by atomic mass is 10.1. The first-order chi connectivity index (χ1) is 9.33. The summed E-state index contributed by atoms with van der Waals surface area (Å²) < 4.78 is 0. The van der Waals surface area contributed by atoms with Gasteiger partial charge in [0.05, 0.1) is 0 Å². The van der Waals surface area contributed by atoms with Crippen LogP contribution in [-0.4, -0.2) is 23.5 Å². The van der Waals surface area contributed by atoms with Gasteiger partial charge in [-0.2, -0.15) is 0 Å². The molecule has 0 saturated carbocycles. The normalized spacial score (nSPS) is 17.4. The number of nitrogens with zero attached hydrogens (tertiary/aromatic N) is 1. The molecule has 1 aliphatic rings. The average molecular weight is 292 g/mol. The molecule has 0 radical (unpaired) electrons. The predicted molar refractivity (Wildman–Crippen MR) is 89.3 cm³/mol. The van der Waals surface area contributed by atoms with Crippen LogP contribution in [-0.2, 0) is 13.1 Å². The van der Waals surface area contributed by atoms with Crippen LogP contribution in [0.15, 0.2) is 17.7 Å². The van der Waals surface area contributed by atoms with Gasteiger partial charge in [0.1, 0.15) is 0 Å². The summed E-state index contributed by atoms with van der Waals surface area (Å²) >= 11 is 1.94. The molecule has 20 heavy (non-hydrogen) atoms. The average Bonchev–Trinajstić information content (AvgIpc) is 2.67. The molecule has 2 nitrogen and oxygen atoms in total. The maximum atomic E-state index is 3.58. The first-order valence-electron chi connectivity index (χ1n) is 7.55. The van der Waals surface area contributed by atoms with Gasteiger partial charge >= 0.3 is 0 Å². The minimum atomic E-state index is 0.187. The number of aryl methyl sites for hydroxylation is 1. The quantitative estimate of drug-likeness (QED) is 0.841. The number of rotatable bonds is 4. The highest BCUT2D eigenvalue weighted by Crippen LogP contribution is 2.24. The van der Waals surface area contributed by atoms with E-state index in [4.69, 9.17) is 0 Å². The molecule has 0 aromatic carbocycles. The minimum absolute atomic E-state index is 0.187. The molecule has 0 unspecified atom stereocenters. The van der Waals surface area contributed by atoms with Crippen LogP contribution in [0.3, 0.4) is 0 Å². The zero-order valence-corrected chi connectivity index (χ0v) is 14.4. The maximum Gasteiger partial charge on any atom is 0.0304 e. The molecule has 0 amide bonds. The minimum Gasteiger partial charge on any atom is -0.307 e. The fourth-order valence-corrected chi connectivity index (χ4v) is 3.54. The molecular formula is C17H28N2S. The van der Waals surface area contributed by atoms with Crippen molar-refractivity contribution in [2.24, 2.45) is 0 Å². The SMILES string of the molecule is CC1=CCCN(Cc2cc(CNC(C)(C)C)sc2C)C1. The molecule has 0 aliphatic carbocycles. The lowest BCUT2D eigenvalue weighted by Gasteiger charge is -2.25. The summed E-state index contributed by atoms with van der Waals surface area (Å²) in [5.74, 6) is 0. The third-order valence-corrected chi connectivity index (χ3v) is 4.76. The second-order valence-corrected chi connectivity index (χ2v) is 8.29. The third kappa shape index (κ3) is 4.72. The molecule has 0 saturated heterocycles. The lowest BCUT2D eigenvalue weighted by Crippen LogP contribution is -2.34. The van der Waals surface area contributed by atoms with Crippen molar-refractivity contribution in [3.63, 3.8) is 0 Å². The zero-order valence-electron chi connectivity index (χ0n) is 13.5. The van der Waals surface area contributed by atoms with Gasteiger partial charge in [-0.3, -0.25) is 4.90 Å². The van der Waals surface area contributed by atoms with Crippen molar-refractivity contribution in [1.82, 2.24) is 10.2 Å². The molecule has 2 heterocycles. The van der Waals surface area contributed by atoms with Gasteiger partial charge in [-0.15, -0.1) is 11.3 Å². The summed E-state index contributed by atoms with van der Waals surface area (Å²) in [4.78, 5) is 5.49. The standard InChI is InChI=1S/C17H28N2S/c1-13-7-6-8-19(11-13)12-15-9-16(20-14(15)2)10-18-17(3,4)5/h7,9,18H,6,8,10-12H2,1-5H3. The third-order valence-electron chi connectivity index (χ3n) is 3.67. The van der Waals surface area contributed by atoms with Crippen molar-refractivity contribution >= 4 is 11.3 Å². The Labute approximate surface area is 127 Å². The zero-order chi connectivity index (χ0) is 14.8. The van der Waals surface area contributed by atoms with E-state index in [9.17, 15) is 0 Å². The Hall–Kier alpha value is -0.640. The predicted octanol–water partition coefficient (Wildman–Crippen LogP) is 4.10. The van der Waals surface area contributed by atoms with Crippen molar-refractivity contribution in [2.75, 3.05) is 13.1 Å². The van der Waals surface area contributed by atoms with E-state index < -0.39 is 0 Å². The molecule has 3 heteroatoms. The van der Waals surface area contributed by atoms with Gasteiger partial charge in [0.15, 0.2) is 0 Å². The van der Waals surface area contributed by atoms with E-state index in [2.05, 4.69) is 57.0 Å². The Morgan fingerprint density at radius 3 is 2.70 bits per heavy atom. The fourth-order valence-electron chi connectivity index (χ4n) is 2.55. The van der Waals surface area contributed by atoms with E-state index in [1.165, 1.54) is 33.9 Å². The van der Waals surface area contributed by atoms with E-state index in [0.29, 0.717) is 0 Å². The maximum absolute atomic E-state index is 3.58. The molecule has 1 aromatic rings. The van der Waals surface area contributed by atoms with Crippen LogP contribution in [0.2, 0.25) is 0 Å². The van der Waals surface area contributed by atoms with Gasteiger partial charge in [0, 0.05) is 41.5 Å². The van der Waals surface area contributed by atoms with Gasteiger partial charge in [-0.05, 0) is 52.7 Å². The van der Waals surface area contributed by atoms with Crippen LogP contribution < -0.4 is 5.32 Å².